The van der Waals surface area contributed by atoms with Crippen LogP contribution in [0.5, 0.6) is 11.5 Å². The zero-order valence-electron chi connectivity index (χ0n) is 11.6. The molecule has 2 rings (SSSR count). The minimum absolute atomic E-state index is 0.0182. The molecule has 21 heavy (non-hydrogen) atoms. The number of aromatic hydroxyl groups is 1. The number of hydrogen-bond donors (Lipinski definition) is 3. The number of rotatable bonds is 6. The largest absolute Gasteiger partial charge is 0.504 e. The Balaban J connectivity index is 2.15. The normalized spacial score (nSPS) is 11.9. The summed E-state index contributed by atoms with van der Waals surface area (Å²) in [5.74, 6) is -0.589. The highest BCUT2D eigenvalue weighted by Gasteiger charge is 2.19. The van der Waals surface area contributed by atoms with Crippen LogP contribution in [-0.4, -0.2) is 23.3 Å². The number of carbonyl (C=O) groups is 1. The lowest BCUT2D eigenvalue weighted by Crippen LogP contribution is -2.28. The number of phenols is 1. The van der Waals surface area contributed by atoms with Crippen LogP contribution in [0.2, 0.25) is 0 Å². The van der Waals surface area contributed by atoms with Crippen LogP contribution in [0, 0.1) is 0 Å². The monoisotopic (exact) mass is 287 g/mol. The van der Waals surface area contributed by atoms with E-state index in [4.69, 9.17) is 4.74 Å². The van der Waals surface area contributed by atoms with Gasteiger partial charge in [0.05, 0.1) is 7.11 Å². The van der Waals surface area contributed by atoms with Gasteiger partial charge in [0.1, 0.15) is 6.04 Å². The Labute approximate surface area is 122 Å². The number of hydrogen-bond acceptors (Lipinski definition) is 4. The van der Waals surface area contributed by atoms with Crippen LogP contribution in [0.25, 0.3) is 0 Å². The fourth-order valence-electron chi connectivity index (χ4n) is 2.08. The SMILES string of the molecule is COc1cccc(CNC(C(=O)O)c2ccccc2)c1O. The van der Waals surface area contributed by atoms with Crippen LogP contribution in [0.3, 0.4) is 0 Å². The first kappa shape index (κ1) is 14.9. The summed E-state index contributed by atoms with van der Waals surface area (Å²) in [4.78, 5) is 11.4. The van der Waals surface area contributed by atoms with Crippen molar-refractivity contribution in [3.8, 4) is 11.5 Å². The summed E-state index contributed by atoms with van der Waals surface area (Å²) < 4.78 is 5.03. The Kier molecular flexibility index (Phi) is 4.79. The van der Waals surface area contributed by atoms with E-state index in [1.54, 1.807) is 42.5 Å². The summed E-state index contributed by atoms with van der Waals surface area (Å²) in [6.45, 7) is 0.217. The lowest BCUT2D eigenvalue weighted by molar-refractivity contribution is -0.139. The van der Waals surface area contributed by atoms with Crippen molar-refractivity contribution in [3.05, 3.63) is 59.7 Å². The fraction of sp³-hybridized carbons (Fsp3) is 0.188. The van der Waals surface area contributed by atoms with E-state index in [2.05, 4.69) is 5.32 Å². The Bertz CT molecular complexity index is 613. The molecule has 0 bridgehead atoms. The second kappa shape index (κ2) is 6.76. The summed E-state index contributed by atoms with van der Waals surface area (Å²) in [6.07, 6.45) is 0. The standard InChI is InChI=1S/C16H17NO4/c1-21-13-9-5-8-12(15(13)18)10-17-14(16(19)20)11-6-3-2-4-7-11/h2-9,14,17-18H,10H2,1H3,(H,19,20). The molecule has 3 N–H and O–H groups in total. The molecule has 0 spiro atoms. The minimum atomic E-state index is -0.969. The quantitative estimate of drug-likeness (QED) is 0.760. The van der Waals surface area contributed by atoms with Crippen LogP contribution in [0.15, 0.2) is 48.5 Å². The van der Waals surface area contributed by atoms with Crippen LogP contribution in [0.4, 0.5) is 0 Å². The Morgan fingerprint density at radius 2 is 1.90 bits per heavy atom. The van der Waals surface area contributed by atoms with Crippen molar-refractivity contribution in [2.45, 2.75) is 12.6 Å². The maximum atomic E-state index is 11.4. The topological polar surface area (TPSA) is 78.8 Å². The molecule has 110 valence electrons. The van der Waals surface area contributed by atoms with Crippen molar-refractivity contribution in [2.75, 3.05) is 7.11 Å². The van der Waals surface area contributed by atoms with E-state index in [0.29, 0.717) is 16.9 Å². The Morgan fingerprint density at radius 1 is 1.19 bits per heavy atom. The average molecular weight is 287 g/mol. The molecule has 0 aliphatic rings. The van der Waals surface area contributed by atoms with Crippen LogP contribution < -0.4 is 10.1 Å². The second-order valence-corrected chi connectivity index (χ2v) is 4.53. The molecule has 0 aliphatic carbocycles. The first-order valence-corrected chi connectivity index (χ1v) is 6.49. The van der Waals surface area contributed by atoms with Gasteiger partial charge < -0.3 is 14.9 Å². The van der Waals surface area contributed by atoms with Crippen molar-refractivity contribution >= 4 is 5.97 Å². The number of methoxy groups -OCH3 is 1. The van der Waals surface area contributed by atoms with E-state index in [0.717, 1.165) is 0 Å². The van der Waals surface area contributed by atoms with Crippen LogP contribution >= 0.6 is 0 Å². The van der Waals surface area contributed by atoms with E-state index in [1.807, 2.05) is 6.07 Å². The third kappa shape index (κ3) is 3.52. The molecular weight excluding hydrogens is 270 g/mol. The van der Waals surface area contributed by atoms with Gasteiger partial charge in [0.15, 0.2) is 11.5 Å². The van der Waals surface area contributed by atoms with E-state index in [-0.39, 0.29) is 12.3 Å². The number of nitrogens with one attached hydrogen (secondary N) is 1. The maximum absolute atomic E-state index is 11.4. The zero-order valence-corrected chi connectivity index (χ0v) is 11.6. The molecule has 2 aromatic rings. The molecule has 0 saturated carbocycles. The van der Waals surface area contributed by atoms with Gasteiger partial charge in [-0.2, -0.15) is 0 Å². The molecule has 1 unspecified atom stereocenters. The van der Waals surface area contributed by atoms with Gasteiger partial charge in [0, 0.05) is 12.1 Å². The number of carboxylic acid groups (broad SMARTS) is 1. The summed E-state index contributed by atoms with van der Waals surface area (Å²) >= 11 is 0. The fourth-order valence-corrected chi connectivity index (χ4v) is 2.08. The number of para-hydroxylation sites is 1. The maximum Gasteiger partial charge on any atom is 0.325 e. The van der Waals surface area contributed by atoms with Gasteiger partial charge in [0.25, 0.3) is 0 Å². The third-order valence-electron chi connectivity index (χ3n) is 3.18. The highest BCUT2D eigenvalue weighted by molar-refractivity contribution is 5.75. The molecule has 0 saturated heterocycles. The van der Waals surface area contributed by atoms with Crippen molar-refractivity contribution in [2.24, 2.45) is 0 Å². The molecule has 1 atom stereocenters. The molecule has 0 aromatic heterocycles. The predicted molar refractivity (Wildman–Crippen MR) is 78.3 cm³/mol. The Hall–Kier alpha value is -2.53. The molecule has 0 heterocycles. The van der Waals surface area contributed by atoms with E-state index < -0.39 is 12.0 Å². The summed E-state index contributed by atoms with van der Waals surface area (Å²) in [5, 5.41) is 22.3. The van der Waals surface area contributed by atoms with Crippen molar-refractivity contribution in [1.82, 2.24) is 5.32 Å². The van der Waals surface area contributed by atoms with Gasteiger partial charge in [-0.25, -0.2) is 0 Å². The van der Waals surface area contributed by atoms with Gasteiger partial charge in [-0.15, -0.1) is 0 Å². The number of phenolic OH excluding ortho intramolecular Hbond substituents is 1. The molecule has 0 aliphatic heterocycles. The van der Waals surface area contributed by atoms with Crippen molar-refractivity contribution < 1.29 is 19.7 Å². The molecular formula is C16H17NO4. The Morgan fingerprint density at radius 3 is 2.52 bits per heavy atom. The number of ether oxygens (including phenoxy) is 1. The van der Waals surface area contributed by atoms with Gasteiger partial charge in [-0.3, -0.25) is 10.1 Å². The molecule has 0 fully saturated rings. The summed E-state index contributed by atoms with van der Waals surface area (Å²) in [5.41, 5.74) is 1.24. The van der Waals surface area contributed by atoms with Gasteiger partial charge in [-0.1, -0.05) is 42.5 Å². The lowest BCUT2D eigenvalue weighted by Gasteiger charge is -2.16. The number of aliphatic carboxylic acids is 1. The van der Waals surface area contributed by atoms with Gasteiger partial charge >= 0.3 is 5.97 Å². The van der Waals surface area contributed by atoms with Gasteiger partial charge in [-0.05, 0) is 11.6 Å². The summed E-state index contributed by atoms with van der Waals surface area (Å²) in [7, 11) is 1.47. The minimum Gasteiger partial charge on any atom is -0.504 e. The molecule has 0 radical (unpaired) electrons. The van der Waals surface area contributed by atoms with Crippen molar-refractivity contribution in [3.63, 3.8) is 0 Å². The molecule has 5 heteroatoms. The smallest absolute Gasteiger partial charge is 0.325 e. The van der Waals surface area contributed by atoms with Crippen molar-refractivity contribution in [1.29, 1.82) is 0 Å². The number of benzene rings is 2. The first-order chi connectivity index (χ1) is 10.1. The first-order valence-electron chi connectivity index (χ1n) is 6.49. The van der Waals surface area contributed by atoms with Crippen LogP contribution in [0.1, 0.15) is 17.2 Å². The third-order valence-corrected chi connectivity index (χ3v) is 3.18. The highest BCUT2D eigenvalue weighted by atomic mass is 16.5. The second-order valence-electron chi connectivity index (χ2n) is 4.53. The summed E-state index contributed by atoms with van der Waals surface area (Å²) in [6, 6.07) is 13.2. The van der Waals surface area contributed by atoms with E-state index in [1.165, 1.54) is 7.11 Å². The van der Waals surface area contributed by atoms with E-state index >= 15 is 0 Å². The number of carboxylic acids is 1. The lowest BCUT2D eigenvalue weighted by atomic mass is 10.1. The average Bonchev–Trinajstić information content (AvgIpc) is 2.50. The van der Waals surface area contributed by atoms with E-state index in [9.17, 15) is 15.0 Å². The molecule has 0 amide bonds. The highest BCUT2D eigenvalue weighted by Crippen LogP contribution is 2.29. The zero-order chi connectivity index (χ0) is 15.2. The molecule has 2 aromatic carbocycles. The van der Waals surface area contributed by atoms with Gasteiger partial charge in [0.2, 0.25) is 0 Å². The predicted octanol–water partition coefficient (Wildman–Crippen LogP) is 2.32. The molecule has 5 nitrogen and oxygen atoms in total. The van der Waals surface area contributed by atoms with Crippen LogP contribution in [-0.2, 0) is 11.3 Å².